The van der Waals surface area contributed by atoms with Crippen LogP contribution >= 0.6 is 0 Å². The molecule has 0 atom stereocenters. The quantitative estimate of drug-likeness (QED) is 0.619. The summed E-state index contributed by atoms with van der Waals surface area (Å²) < 4.78 is 3.58. The van der Waals surface area contributed by atoms with Crippen LogP contribution in [0.15, 0.2) is 35.4 Å². The summed E-state index contributed by atoms with van der Waals surface area (Å²) in [6, 6.07) is 6.10. The number of nitrogens with zero attached hydrogens (tertiary/aromatic N) is 4. The molecule has 116 valence electrons. The van der Waals surface area contributed by atoms with Crippen LogP contribution in [0.2, 0.25) is 0 Å². The lowest BCUT2D eigenvalue weighted by atomic mass is 10.0. The summed E-state index contributed by atoms with van der Waals surface area (Å²) in [4.78, 5) is 12.7. The molecule has 0 bridgehead atoms. The van der Waals surface area contributed by atoms with Crippen molar-refractivity contribution in [2.75, 3.05) is 0 Å². The Morgan fingerprint density at radius 1 is 1.26 bits per heavy atom. The number of aromatic amines is 1. The highest BCUT2D eigenvalue weighted by atomic mass is 16.1. The molecule has 0 radical (unpaired) electrons. The molecule has 0 saturated heterocycles. The number of H-pyrrole nitrogens is 1. The van der Waals surface area contributed by atoms with Crippen molar-refractivity contribution in [2.45, 2.75) is 20.4 Å². The summed E-state index contributed by atoms with van der Waals surface area (Å²) in [6.45, 7) is 4.49. The van der Waals surface area contributed by atoms with Gasteiger partial charge in [0.15, 0.2) is 0 Å². The van der Waals surface area contributed by atoms with Crippen molar-refractivity contribution in [1.82, 2.24) is 24.5 Å². The number of nitrogens with one attached hydrogen (secondary N) is 1. The standard InChI is InChI=1S/C17H17N5O/c1-4-22-14-6-5-11(12-8-18-21(3)9-12)7-13(14)16-15(17(22)23)10(2)19-20-16/h5-9H,4H2,1-3H3,(H,19,20). The third-order valence-electron chi connectivity index (χ3n) is 4.30. The summed E-state index contributed by atoms with van der Waals surface area (Å²) in [5, 5.41) is 13.2. The largest absolute Gasteiger partial charge is 0.308 e. The lowest BCUT2D eigenvalue weighted by Gasteiger charge is -2.10. The van der Waals surface area contributed by atoms with Gasteiger partial charge in [-0.05, 0) is 31.5 Å². The molecule has 6 nitrogen and oxygen atoms in total. The van der Waals surface area contributed by atoms with Crippen LogP contribution in [-0.2, 0) is 13.6 Å². The molecule has 4 rings (SSSR count). The summed E-state index contributed by atoms with van der Waals surface area (Å²) in [6.07, 6.45) is 3.81. The van der Waals surface area contributed by atoms with Gasteiger partial charge in [0, 0.05) is 36.4 Å². The van der Waals surface area contributed by atoms with Gasteiger partial charge in [0.05, 0.1) is 17.1 Å². The van der Waals surface area contributed by atoms with Crippen molar-refractivity contribution in [2.24, 2.45) is 7.05 Å². The number of hydrogen-bond donors (Lipinski definition) is 1. The van der Waals surface area contributed by atoms with Gasteiger partial charge in [0.2, 0.25) is 0 Å². The van der Waals surface area contributed by atoms with Crippen molar-refractivity contribution in [3.8, 4) is 11.1 Å². The molecule has 3 heterocycles. The minimum absolute atomic E-state index is 0.00961. The zero-order chi connectivity index (χ0) is 16.1. The van der Waals surface area contributed by atoms with Crippen molar-refractivity contribution < 1.29 is 0 Å². The normalized spacial score (nSPS) is 11.6. The van der Waals surface area contributed by atoms with Gasteiger partial charge in [-0.2, -0.15) is 10.2 Å². The molecular weight excluding hydrogens is 290 g/mol. The van der Waals surface area contributed by atoms with Gasteiger partial charge >= 0.3 is 0 Å². The Hall–Kier alpha value is -2.89. The minimum Gasteiger partial charge on any atom is -0.308 e. The van der Waals surface area contributed by atoms with E-state index in [9.17, 15) is 4.79 Å². The maximum Gasteiger partial charge on any atom is 0.262 e. The van der Waals surface area contributed by atoms with E-state index in [-0.39, 0.29) is 5.56 Å². The first kappa shape index (κ1) is 13.8. The average molecular weight is 307 g/mol. The Morgan fingerprint density at radius 3 is 2.78 bits per heavy atom. The number of rotatable bonds is 2. The van der Waals surface area contributed by atoms with Crippen molar-refractivity contribution in [3.63, 3.8) is 0 Å². The Bertz CT molecular complexity index is 1100. The molecule has 0 aliphatic carbocycles. The molecular formula is C17H17N5O. The second-order valence-electron chi connectivity index (χ2n) is 5.76. The third-order valence-corrected chi connectivity index (χ3v) is 4.30. The van der Waals surface area contributed by atoms with Crippen molar-refractivity contribution >= 4 is 21.8 Å². The molecule has 0 saturated carbocycles. The fourth-order valence-electron chi connectivity index (χ4n) is 3.15. The van der Waals surface area contributed by atoms with E-state index in [0.717, 1.165) is 33.2 Å². The molecule has 0 spiro atoms. The number of pyridine rings is 1. The Kier molecular flexibility index (Phi) is 2.87. The maximum atomic E-state index is 12.7. The summed E-state index contributed by atoms with van der Waals surface area (Å²) in [5.41, 5.74) is 4.57. The fourth-order valence-corrected chi connectivity index (χ4v) is 3.15. The number of aromatic nitrogens is 5. The minimum atomic E-state index is 0.00961. The molecule has 6 heteroatoms. The van der Waals surface area contributed by atoms with Crippen LogP contribution in [0, 0.1) is 6.92 Å². The van der Waals surface area contributed by atoms with Gasteiger partial charge < -0.3 is 4.57 Å². The van der Waals surface area contributed by atoms with Crippen LogP contribution < -0.4 is 5.56 Å². The zero-order valence-electron chi connectivity index (χ0n) is 13.3. The molecule has 0 amide bonds. The number of fused-ring (bicyclic) bond motifs is 3. The van der Waals surface area contributed by atoms with E-state index in [2.05, 4.69) is 21.4 Å². The predicted octanol–water partition coefficient (Wildman–Crippen LogP) is 2.61. The van der Waals surface area contributed by atoms with E-state index >= 15 is 0 Å². The van der Waals surface area contributed by atoms with Crippen molar-refractivity contribution in [3.05, 3.63) is 46.6 Å². The van der Waals surface area contributed by atoms with Crippen LogP contribution in [0.1, 0.15) is 12.6 Å². The van der Waals surface area contributed by atoms with Crippen molar-refractivity contribution in [1.29, 1.82) is 0 Å². The molecule has 3 aromatic heterocycles. The third kappa shape index (κ3) is 1.91. The molecule has 1 N–H and O–H groups in total. The summed E-state index contributed by atoms with van der Waals surface area (Å²) in [5.74, 6) is 0. The van der Waals surface area contributed by atoms with Gasteiger partial charge in [-0.25, -0.2) is 0 Å². The number of aryl methyl sites for hydroxylation is 3. The highest BCUT2D eigenvalue weighted by molar-refractivity contribution is 6.05. The molecule has 0 aliphatic rings. The van der Waals surface area contributed by atoms with E-state index in [1.165, 1.54) is 0 Å². The van der Waals surface area contributed by atoms with Crippen LogP contribution in [0.3, 0.4) is 0 Å². The van der Waals surface area contributed by atoms with Gasteiger partial charge in [0.25, 0.3) is 5.56 Å². The summed E-state index contributed by atoms with van der Waals surface area (Å²) >= 11 is 0. The first-order valence-corrected chi connectivity index (χ1v) is 7.60. The molecule has 0 fully saturated rings. The maximum absolute atomic E-state index is 12.7. The number of benzene rings is 1. The molecule has 0 aliphatic heterocycles. The van der Waals surface area contributed by atoms with Crippen LogP contribution in [-0.4, -0.2) is 24.5 Å². The van der Waals surface area contributed by atoms with E-state index in [1.807, 2.05) is 45.4 Å². The van der Waals surface area contributed by atoms with Crippen LogP contribution in [0.4, 0.5) is 0 Å². The lowest BCUT2D eigenvalue weighted by Crippen LogP contribution is -2.20. The number of hydrogen-bond acceptors (Lipinski definition) is 3. The van der Waals surface area contributed by atoms with Gasteiger partial charge in [-0.3, -0.25) is 14.6 Å². The monoisotopic (exact) mass is 307 g/mol. The average Bonchev–Trinajstić information content (AvgIpc) is 3.14. The highest BCUT2D eigenvalue weighted by Crippen LogP contribution is 2.28. The topological polar surface area (TPSA) is 68.5 Å². The Morgan fingerprint density at radius 2 is 2.09 bits per heavy atom. The van der Waals surface area contributed by atoms with E-state index in [1.54, 1.807) is 9.25 Å². The highest BCUT2D eigenvalue weighted by Gasteiger charge is 2.15. The zero-order valence-corrected chi connectivity index (χ0v) is 13.3. The van der Waals surface area contributed by atoms with Gasteiger partial charge in [-0.1, -0.05) is 6.07 Å². The molecule has 1 aromatic carbocycles. The molecule has 0 unspecified atom stereocenters. The van der Waals surface area contributed by atoms with Crippen LogP contribution in [0.5, 0.6) is 0 Å². The van der Waals surface area contributed by atoms with Crippen LogP contribution in [0.25, 0.3) is 32.9 Å². The Balaban J connectivity index is 2.13. The first-order chi connectivity index (χ1) is 11.1. The first-order valence-electron chi connectivity index (χ1n) is 7.60. The summed E-state index contributed by atoms with van der Waals surface area (Å²) in [7, 11) is 1.90. The van der Waals surface area contributed by atoms with Gasteiger partial charge in [0.1, 0.15) is 5.52 Å². The molecule has 23 heavy (non-hydrogen) atoms. The Labute approximate surface area is 132 Å². The predicted molar refractivity (Wildman–Crippen MR) is 90.5 cm³/mol. The second kappa shape index (κ2) is 4.81. The second-order valence-corrected chi connectivity index (χ2v) is 5.76. The smallest absolute Gasteiger partial charge is 0.262 e. The lowest BCUT2D eigenvalue weighted by molar-refractivity contribution is 0.766. The SMILES string of the molecule is CCn1c(=O)c2c(C)[nH]nc2c2cc(-c3cnn(C)c3)ccc21. The molecule has 4 aromatic rings. The van der Waals surface area contributed by atoms with E-state index < -0.39 is 0 Å². The van der Waals surface area contributed by atoms with Gasteiger partial charge in [-0.15, -0.1) is 0 Å². The van der Waals surface area contributed by atoms with E-state index in [4.69, 9.17) is 0 Å². The van der Waals surface area contributed by atoms with E-state index in [0.29, 0.717) is 11.9 Å². The fraction of sp³-hybridized carbons (Fsp3) is 0.235.